The average molecular weight is 334 g/mol. The highest BCUT2D eigenvalue weighted by Gasteiger charge is 2.08. The molecule has 0 saturated heterocycles. The van der Waals surface area contributed by atoms with Gasteiger partial charge in [0.1, 0.15) is 0 Å². The fraction of sp³-hybridized carbons (Fsp3) is 0.100. The molecule has 0 amide bonds. The van der Waals surface area contributed by atoms with Crippen LogP contribution in [-0.4, -0.2) is 6.29 Å². The lowest BCUT2D eigenvalue weighted by atomic mass is 10.1. The minimum Gasteiger partial charge on any atom is -0.297 e. The third kappa shape index (κ3) is 1.66. The van der Waals surface area contributed by atoms with Crippen LogP contribution in [0.5, 0.6) is 0 Å². The fourth-order valence-electron chi connectivity index (χ4n) is 1.36. The van der Waals surface area contributed by atoms with Crippen molar-refractivity contribution in [2.24, 2.45) is 0 Å². The Bertz CT molecular complexity index is 490. The van der Waals surface area contributed by atoms with Gasteiger partial charge >= 0.3 is 0 Å². The Morgan fingerprint density at radius 2 is 2.21 bits per heavy atom. The third-order valence-corrected chi connectivity index (χ3v) is 4.35. The number of alkyl halides is 1. The van der Waals surface area contributed by atoms with Gasteiger partial charge in [-0.2, -0.15) is 0 Å². The van der Waals surface area contributed by atoms with Crippen molar-refractivity contribution in [3.63, 3.8) is 0 Å². The summed E-state index contributed by atoms with van der Waals surface area (Å²) in [6, 6.07) is 5.99. The van der Waals surface area contributed by atoms with Gasteiger partial charge in [-0.05, 0) is 29.1 Å². The van der Waals surface area contributed by atoms with E-state index in [2.05, 4.69) is 31.9 Å². The summed E-state index contributed by atoms with van der Waals surface area (Å²) in [6.45, 7) is 0. The minimum absolute atomic E-state index is 0.778. The van der Waals surface area contributed by atoms with E-state index < -0.39 is 0 Å². The first-order valence-corrected chi connectivity index (χ1v) is 6.71. The molecule has 0 radical (unpaired) electrons. The number of halogens is 2. The van der Waals surface area contributed by atoms with Gasteiger partial charge in [0.2, 0.25) is 0 Å². The zero-order valence-corrected chi connectivity index (χ0v) is 11.1. The Morgan fingerprint density at radius 1 is 1.43 bits per heavy atom. The van der Waals surface area contributed by atoms with Crippen molar-refractivity contribution in [2.75, 3.05) is 0 Å². The van der Waals surface area contributed by atoms with Crippen LogP contribution >= 0.6 is 43.2 Å². The summed E-state index contributed by atoms with van der Waals surface area (Å²) in [5, 5.41) is 1.95. The average Bonchev–Trinajstić information content (AvgIpc) is 2.60. The molecule has 0 aliphatic rings. The molecule has 0 saturated carbocycles. The van der Waals surface area contributed by atoms with Crippen LogP contribution in [0, 0.1) is 0 Å². The molecule has 72 valence electrons. The van der Waals surface area contributed by atoms with Gasteiger partial charge in [0.05, 0.1) is 4.88 Å². The maximum atomic E-state index is 10.6. The van der Waals surface area contributed by atoms with E-state index in [-0.39, 0.29) is 0 Å². The summed E-state index contributed by atoms with van der Waals surface area (Å²) in [5.41, 5.74) is 1.20. The Balaban J connectivity index is 2.79. The lowest BCUT2D eigenvalue weighted by molar-refractivity contribution is 0.112. The van der Waals surface area contributed by atoms with E-state index >= 15 is 0 Å². The molecule has 14 heavy (non-hydrogen) atoms. The summed E-state index contributed by atoms with van der Waals surface area (Å²) < 4.78 is 2.24. The SMILES string of the molecule is O=Cc1cc2c(CBr)c(Br)ccc2s1. The second-order valence-electron chi connectivity index (χ2n) is 2.84. The quantitative estimate of drug-likeness (QED) is 0.589. The molecule has 0 aliphatic heterocycles. The molecular weight excluding hydrogens is 328 g/mol. The molecule has 2 rings (SSSR count). The maximum absolute atomic E-state index is 10.6. The first-order valence-electron chi connectivity index (χ1n) is 3.98. The van der Waals surface area contributed by atoms with Crippen LogP contribution < -0.4 is 0 Å². The van der Waals surface area contributed by atoms with Crippen molar-refractivity contribution < 1.29 is 4.79 Å². The molecule has 1 aromatic heterocycles. The molecule has 1 nitrogen and oxygen atoms in total. The van der Waals surface area contributed by atoms with Crippen LogP contribution in [0.25, 0.3) is 10.1 Å². The van der Waals surface area contributed by atoms with Crippen molar-refractivity contribution in [1.82, 2.24) is 0 Å². The Morgan fingerprint density at radius 3 is 2.86 bits per heavy atom. The highest BCUT2D eigenvalue weighted by atomic mass is 79.9. The van der Waals surface area contributed by atoms with Crippen LogP contribution in [0.1, 0.15) is 15.2 Å². The van der Waals surface area contributed by atoms with E-state index in [0.717, 1.165) is 31.1 Å². The fourth-order valence-corrected chi connectivity index (χ4v) is 3.73. The molecule has 0 aliphatic carbocycles. The van der Waals surface area contributed by atoms with Gasteiger partial charge in [-0.15, -0.1) is 11.3 Å². The molecule has 2 aromatic rings. The van der Waals surface area contributed by atoms with Crippen LogP contribution in [0.3, 0.4) is 0 Å². The molecule has 1 aromatic carbocycles. The van der Waals surface area contributed by atoms with Crippen molar-refractivity contribution in [3.05, 3.63) is 33.1 Å². The molecule has 0 spiro atoms. The van der Waals surface area contributed by atoms with E-state index in [9.17, 15) is 4.79 Å². The van der Waals surface area contributed by atoms with Crippen LogP contribution in [-0.2, 0) is 5.33 Å². The first kappa shape index (κ1) is 10.3. The van der Waals surface area contributed by atoms with Gasteiger partial charge in [0.15, 0.2) is 6.29 Å². The number of fused-ring (bicyclic) bond motifs is 1. The van der Waals surface area contributed by atoms with Crippen LogP contribution in [0.2, 0.25) is 0 Å². The number of rotatable bonds is 2. The molecule has 0 unspecified atom stereocenters. The van der Waals surface area contributed by atoms with Crippen molar-refractivity contribution >= 4 is 59.6 Å². The van der Waals surface area contributed by atoms with Crippen LogP contribution in [0.15, 0.2) is 22.7 Å². The summed E-state index contributed by atoms with van der Waals surface area (Å²) >= 11 is 8.47. The Labute approximate surface area is 102 Å². The zero-order valence-electron chi connectivity index (χ0n) is 7.09. The lowest BCUT2D eigenvalue weighted by Gasteiger charge is -2.01. The normalized spacial score (nSPS) is 10.7. The van der Waals surface area contributed by atoms with E-state index in [4.69, 9.17) is 0 Å². The summed E-state index contributed by atoms with van der Waals surface area (Å²) in [6.07, 6.45) is 0.899. The first-order chi connectivity index (χ1) is 6.76. The largest absolute Gasteiger partial charge is 0.297 e. The second-order valence-corrected chi connectivity index (χ2v) is 5.37. The predicted octanol–water partition coefficient (Wildman–Crippen LogP) is 4.37. The monoisotopic (exact) mass is 332 g/mol. The van der Waals surface area contributed by atoms with Crippen molar-refractivity contribution in [1.29, 1.82) is 0 Å². The number of carbonyl (C=O) groups excluding carboxylic acids is 1. The van der Waals surface area contributed by atoms with Crippen molar-refractivity contribution in [3.8, 4) is 0 Å². The molecule has 0 atom stereocenters. The van der Waals surface area contributed by atoms with Gasteiger partial charge < -0.3 is 0 Å². The Hall–Kier alpha value is -0.190. The van der Waals surface area contributed by atoms with Crippen molar-refractivity contribution in [2.45, 2.75) is 5.33 Å². The van der Waals surface area contributed by atoms with E-state index in [1.807, 2.05) is 18.2 Å². The number of carbonyl (C=O) groups is 1. The number of hydrogen-bond acceptors (Lipinski definition) is 2. The predicted molar refractivity (Wildman–Crippen MR) is 67.5 cm³/mol. The summed E-state index contributed by atoms with van der Waals surface area (Å²) in [4.78, 5) is 11.4. The van der Waals surface area contributed by atoms with E-state index in [0.29, 0.717) is 0 Å². The second kappa shape index (κ2) is 4.13. The maximum Gasteiger partial charge on any atom is 0.160 e. The van der Waals surface area contributed by atoms with Gasteiger partial charge in [-0.3, -0.25) is 4.79 Å². The standard InChI is InChI=1S/C10H6Br2OS/c11-4-8-7-3-6(5-13)14-10(7)2-1-9(8)12/h1-3,5H,4H2. The molecule has 0 fully saturated rings. The topological polar surface area (TPSA) is 17.1 Å². The number of hydrogen-bond donors (Lipinski definition) is 0. The lowest BCUT2D eigenvalue weighted by Crippen LogP contribution is -1.80. The third-order valence-electron chi connectivity index (χ3n) is 2.02. The summed E-state index contributed by atoms with van der Waals surface area (Å²) in [5.74, 6) is 0. The van der Waals surface area contributed by atoms with E-state index in [1.54, 1.807) is 0 Å². The zero-order chi connectivity index (χ0) is 10.1. The molecule has 0 N–H and O–H groups in total. The Kier molecular flexibility index (Phi) is 3.04. The van der Waals surface area contributed by atoms with Gasteiger partial charge in [0.25, 0.3) is 0 Å². The smallest absolute Gasteiger partial charge is 0.160 e. The molecule has 1 heterocycles. The minimum atomic E-state index is 0.778. The molecular formula is C10H6Br2OS. The number of thiophene rings is 1. The van der Waals surface area contributed by atoms with Gasteiger partial charge in [-0.1, -0.05) is 31.9 Å². The van der Waals surface area contributed by atoms with Crippen LogP contribution in [0.4, 0.5) is 0 Å². The van der Waals surface area contributed by atoms with E-state index in [1.165, 1.54) is 16.9 Å². The molecule has 0 bridgehead atoms. The highest BCUT2D eigenvalue weighted by molar-refractivity contribution is 9.10. The number of aldehydes is 1. The summed E-state index contributed by atoms with van der Waals surface area (Å²) in [7, 11) is 0. The molecule has 4 heteroatoms. The van der Waals surface area contributed by atoms with Gasteiger partial charge in [0, 0.05) is 14.5 Å². The number of benzene rings is 1. The van der Waals surface area contributed by atoms with Gasteiger partial charge in [-0.25, -0.2) is 0 Å². The highest BCUT2D eigenvalue weighted by Crippen LogP contribution is 2.33.